The fraction of sp³-hybridized carbons (Fsp3) is 0.250. The molecule has 1 atom stereocenters. The van der Waals surface area contributed by atoms with Gasteiger partial charge in [0, 0.05) is 11.4 Å². The summed E-state index contributed by atoms with van der Waals surface area (Å²) in [6, 6.07) is 16.1. The fourth-order valence-corrected chi connectivity index (χ4v) is 4.97. The number of carbonyl (C=O) groups is 1. The molecule has 138 valence electrons. The number of rotatable bonds is 6. The molecule has 3 aromatic rings. The molecule has 0 saturated heterocycles. The van der Waals surface area contributed by atoms with Crippen molar-refractivity contribution in [3.05, 3.63) is 59.7 Å². The number of nitrogens with zero attached hydrogens (tertiary/aromatic N) is 2. The molecule has 1 amide bonds. The Morgan fingerprint density at radius 1 is 1.07 bits per heavy atom. The Labute approximate surface area is 166 Å². The number of hydrogen-bond acceptors (Lipinski definition) is 6. The van der Waals surface area contributed by atoms with Crippen LogP contribution in [0.4, 0.5) is 16.5 Å². The van der Waals surface area contributed by atoms with Gasteiger partial charge in [0.05, 0.1) is 5.25 Å². The molecular weight excluding hydrogens is 376 g/mol. The molecule has 4 rings (SSSR count). The Kier molecular flexibility index (Phi) is 5.40. The molecule has 0 bridgehead atoms. The van der Waals surface area contributed by atoms with Crippen LogP contribution in [-0.2, 0) is 17.6 Å². The predicted octanol–water partition coefficient (Wildman–Crippen LogP) is 4.89. The maximum Gasteiger partial charge on any atom is 0.237 e. The average molecular weight is 397 g/mol. The second-order valence-electron chi connectivity index (χ2n) is 6.45. The summed E-state index contributed by atoms with van der Waals surface area (Å²) in [7, 11) is 0. The van der Waals surface area contributed by atoms with Gasteiger partial charge in [0.15, 0.2) is 4.34 Å². The Bertz CT molecular complexity index is 942. The van der Waals surface area contributed by atoms with E-state index in [4.69, 9.17) is 0 Å². The van der Waals surface area contributed by atoms with E-state index in [1.54, 1.807) is 0 Å². The van der Waals surface area contributed by atoms with Crippen molar-refractivity contribution in [2.75, 3.05) is 10.6 Å². The van der Waals surface area contributed by atoms with Crippen molar-refractivity contribution in [2.24, 2.45) is 0 Å². The maximum atomic E-state index is 12.5. The summed E-state index contributed by atoms with van der Waals surface area (Å²) in [5.41, 5.74) is 4.60. The molecule has 0 aliphatic heterocycles. The largest absolute Gasteiger partial charge is 0.330 e. The van der Waals surface area contributed by atoms with Gasteiger partial charge in [-0.25, -0.2) is 0 Å². The second-order valence-corrected chi connectivity index (χ2v) is 9.02. The highest BCUT2D eigenvalue weighted by molar-refractivity contribution is 8.02. The van der Waals surface area contributed by atoms with E-state index in [1.807, 2.05) is 43.3 Å². The summed E-state index contributed by atoms with van der Waals surface area (Å²) in [4.78, 5) is 12.5. The van der Waals surface area contributed by atoms with E-state index < -0.39 is 0 Å². The topological polar surface area (TPSA) is 66.9 Å². The van der Waals surface area contributed by atoms with Gasteiger partial charge in [0.1, 0.15) is 0 Å². The second kappa shape index (κ2) is 8.10. The summed E-state index contributed by atoms with van der Waals surface area (Å²) in [6.07, 6.45) is 3.45. The van der Waals surface area contributed by atoms with Crippen molar-refractivity contribution in [3.8, 4) is 0 Å². The number of fused-ring (bicyclic) bond motifs is 1. The highest BCUT2D eigenvalue weighted by Gasteiger charge is 2.18. The van der Waals surface area contributed by atoms with Crippen molar-refractivity contribution >= 4 is 45.5 Å². The smallest absolute Gasteiger partial charge is 0.237 e. The van der Waals surface area contributed by atoms with Gasteiger partial charge >= 0.3 is 0 Å². The number of hydrogen-bond donors (Lipinski definition) is 2. The highest BCUT2D eigenvalue weighted by Crippen LogP contribution is 2.31. The number of nitrogens with one attached hydrogen (secondary N) is 2. The third-order valence-corrected chi connectivity index (χ3v) is 6.47. The zero-order valence-electron chi connectivity index (χ0n) is 14.9. The number of thioether (sulfide) groups is 1. The van der Waals surface area contributed by atoms with Gasteiger partial charge in [0.2, 0.25) is 11.0 Å². The number of benzene rings is 2. The van der Waals surface area contributed by atoms with Gasteiger partial charge in [-0.15, -0.1) is 10.2 Å². The number of amides is 1. The van der Waals surface area contributed by atoms with Crippen molar-refractivity contribution < 1.29 is 4.79 Å². The number of aryl methyl sites for hydroxylation is 2. The molecular formula is C20H20N4OS2. The lowest BCUT2D eigenvalue weighted by Gasteiger charge is -2.11. The first-order chi connectivity index (χ1) is 13.2. The first-order valence-corrected chi connectivity index (χ1v) is 10.6. The maximum absolute atomic E-state index is 12.5. The molecule has 0 saturated carbocycles. The Morgan fingerprint density at radius 2 is 1.89 bits per heavy atom. The lowest BCUT2D eigenvalue weighted by Crippen LogP contribution is -2.22. The van der Waals surface area contributed by atoms with Crippen LogP contribution < -0.4 is 10.6 Å². The van der Waals surface area contributed by atoms with E-state index >= 15 is 0 Å². The van der Waals surface area contributed by atoms with E-state index in [9.17, 15) is 4.79 Å². The summed E-state index contributed by atoms with van der Waals surface area (Å²) < 4.78 is 0.769. The predicted molar refractivity (Wildman–Crippen MR) is 112 cm³/mol. The van der Waals surface area contributed by atoms with Crippen LogP contribution in [0.25, 0.3) is 0 Å². The minimum absolute atomic E-state index is 0.0225. The molecule has 0 unspecified atom stereocenters. The fourth-order valence-electron chi connectivity index (χ4n) is 3.05. The summed E-state index contributed by atoms with van der Waals surface area (Å²) in [6.45, 7) is 1.89. The molecule has 1 heterocycles. The molecule has 1 aromatic heterocycles. The van der Waals surface area contributed by atoms with Crippen LogP contribution >= 0.6 is 23.1 Å². The van der Waals surface area contributed by atoms with E-state index in [0.717, 1.165) is 33.7 Å². The molecule has 0 radical (unpaired) electrons. The number of anilines is 3. The minimum atomic E-state index is -0.254. The summed E-state index contributed by atoms with van der Waals surface area (Å²) in [5.74, 6) is -0.0225. The Balaban J connectivity index is 1.34. The average Bonchev–Trinajstić information content (AvgIpc) is 3.31. The quantitative estimate of drug-likeness (QED) is 0.581. The Hall–Kier alpha value is -2.38. The molecule has 2 aromatic carbocycles. The monoisotopic (exact) mass is 396 g/mol. The lowest BCUT2D eigenvalue weighted by molar-refractivity contribution is -0.115. The molecule has 7 heteroatoms. The molecule has 1 aliphatic rings. The van der Waals surface area contributed by atoms with Crippen molar-refractivity contribution in [1.82, 2.24) is 10.2 Å². The highest BCUT2D eigenvalue weighted by atomic mass is 32.2. The molecule has 2 N–H and O–H groups in total. The SMILES string of the molecule is C[C@H](Sc1nnc(Nc2ccccc2)s1)C(=O)Nc1ccc2c(c1)CCC2. The van der Waals surface area contributed by atoms with Gasteiger partial charge in [0.25, 0.3) is 0 Å². The van der Waals surface area contributed by atoms with E-state index in [1.165, 1.54) is 40.6 Å². The molecule has 1 aliphatic carbocycles. The van der Waals surface area contributed by atoms with Crippen LogP contribution in [0.3, 0.4) is 0 Å². The third-order valence-electron chi connectivity index (χ3n) is 4.44. The lowest BCUT2D eigenvalue weighted by atomic mass is 10.1. The zero-order chi connectivity index (χ0) is 18.6. The van der Waals surface area contributed by atoms with Gasteiger partial charge in [-0.05, 0) is 61.6 Å². The van der Waals surface area contributed by atoms with Crippen LogP contribution in [-0.4, -0.2) is 21.4 Å². The van der Waals surface area contributed by atoms with E-state index in [0.29, 0.717) is 0 Å². The van der Waals surface area contributed by atoms with Crippen molar-refractivity contribution in [3.63, 3.8) is 0 Å². The summed E-state index contributed by atoms with van der Waals surface area (Å²) >= 11 is 2.87. The first kappa shape index (κ1) is 18.0. The van der Waals surface area contributed by atoms with Gasteiger partial charge in [-0.1, -0.05) is 47.4 Å². The molecule has 0 fully saturated rings. The van der Waals surface area contributed by atoms with Crippen molar-refractivity contribution in [1.29, 1.82) is 0 Å². The zero-order valence-corrected chi connectivity index (χ0v) is 16.6. The van der Waals surface area contributed by atoms with Crippen LogP contribution in [0, 0.1) is 0 Å². The first-order valence-electron chi connectivity index (χ1n) is 8.92. The Morgan fingerprint density at radius 3 is 2.74 bits per heavy atom. The van der Waals surface area contributed by atoms with Crippen LogP contribution in [0.15, 0.2) is 52.9 Å². The van der Waals surface area contributed by atoms with Crippen LogP contribution in [0.5, 0.6) is 0 Å². The number of aromatic nitrogens is 2. The van der Waals surface area contributed by atoms with Gasteiger partial charge < -0.3 is 10.6 Å². The van der Waals surface area contributed by atoms with E-state index in [2.05, 4.69) is 33.0 Å². The summed E-state index contributed by atoms with van der Waals surface area (Å²) in [5, 5.41) is 15.0. The van der Waals surface area contributed by atoms with Gasteiger partial charge in [-0.2, -0.15) is 0 Å². The third kappa shape index (κ3) is 4.48. The van der Waals surface area contributed by atoms with Crippen LogP contribution in [0.2, 0.25) is 0 Å². The molecule has 27 heavy (non-hydrogen) atoms. The van der Waals surface area contributed by atoms with Crippen molar-refractivity contribution in [2.45, 2.75) is 35.8 Å². The van der Waals surface area contributed by atoms with E-state index in [-0.39, 0.29) is 11.2 Å². The normalized spacial score (nSPS) is 13.8. The minimum Gasteiger partial charge on any atom is -0.330 e. The molecule has 0 spiro atoms. The van der Waals surface area contributed by atoms with Crippen LogP contribution in [0.1, 0.15) is 24.5 Å². The van der Waals surface area contributed by atoms with Gasteiger partial charge in [-0.3, -0.25) is 4.79 Å². The number of carbonyl (C=O) groups excluding carboxylic acids is 1. The standard InChI is InChI=1S/C20H20N4OS2/c1-13(18(25)21-17-11-10-14-6-5-7-15(14)12-17)26-20-24-23-19(27-20)22-16-8-3-2-4-9-16/h2-4,8-13H,5-7H2,1H3,(H,21,25)(H,22,23)/t13-/m0/s1. The molecule has 5 nitrogen and oxygen atoms in total. The number of para-hydroxylation sites is 1.